The SMILES string of the molecule is CCOc1ccccc1Nc1ccc(NC(=O)c2ccccc2Cl)nn1. The molecule has 0 atom stereocenters. The van der Waals surface area contributed by atoms with Crippen molar-refractivity contribution >= 4 is 34.8 Å². The van der Waals surface area contributed by atoms with E-state index in [1.165, 1.54) is 0 Å². The minimum atomic E-state index is -0.340. The summed E-state index contributed by atoms with van der Waals surface area (Å²) in [5, 5.41) is 14.3. The molecular weight excluding hydrogens is 352 g/mol. The summed E-state index contributed by atoms with van der Waals surface area (Å²) in [6, 6.07) is 17.7. The number of hydrogen-bond acceptors (Lipinski definition) is 5. The highest BCUT2D eigenvalue weighted by Crippen LogP contribution is 2.26. The number of anilines is 3. The molecule has 0 aliphatic heterocycles. The minimum Gasteiger partial charge on any atom is -0.492 e. The average Bonchev–Trinajstić information content (AvgIpc) is 2.65. The van der Waals surface area contributed by atoms with Crippen LogP contribution in [0.15, 0.2) is 60.7 Å². The van der Waals surface area contributed by atoms with E-state index in [1.807, 2.05) is 31.2 Å². The van der Waals surface area contributed by atoms with E-state index in [2.05, 4.69) is 20.8 Å². The number of rotatable bonds is 6. The highest BCUT2D eigenvalue weighted by Gasteiger charge is 2.11. The normalized spacial score (nSPS) is 10.2. The molecule has 0 aliphatic carbocycles. The fraction of sp³-hybridized carbons (Fsp3) is 0.105. The Kier molecular flexibility index (Phi) is 5.66. The van der Waals surface area contributed by atoms with E-state index in [4.69, 9.17) is 16.3 Å². The molecule has 1 aromatic heterocycles. The van der Waals surface area contributed by atoms with Crippen LogP contribution in [0.2, 0.25) is 5.02 Å². The topological polar surface area (TPSA) is 76.1 Å². The van der Waals surface area contributed by atoms with Gasteiger partial charge in [-0.05, 0) is 43.3 Å². The van der Waals surface area contributed by atoms with Crippen LogP contribution in [-0.4, -0.2) is 22.7 Å². The van der Waals surface area contributed by atoms with E-state index in [-0.39, 0.29) is 5.91 Å². The van der Waals surface area contributed by atoms with E-state index in [1.54, 1.807) is 36.4 Å². The largest absolute Gasteiger partial charge is 0.492 e. The summed E-state index contributed by atoms with van der Waals surface area (Å²) in [4.78, 5) is 12.2. The van der Waals surface area contributed by atoms with Crippen molar-refractivity contribution in [2.24, 2.45) is 0 Å². The van der Waals surface area contributed by atoms with Crippen LogP contribution in [0.3, 0.4) is 0 Å². The number of amides is 1. The van der Waals surface area contributed by atoms with Crippen molar-refractivity contribution in [3.05, 3.63) is 71.2 Å². The molecule has 0 fully saturated rings. The van der Waals surface area contributed by atoms with E-state index in [0.29, 0.717) is 28.8 Å². The molecule has 6 nitrogen and oxygen atoms in total. The van der Waals surface area contributed by atoms with Gasteiger partial charge in [-0.2, -0.15) is 0 Å². The fourth-order valence-electron chi connectivity index (χ4n) is 2.28. The van der Waals surface area contributed by atoms with Crippen LogP contribution in [0.4, 0.5) is 17.3 Å². The Morgan fingerprint density at radius 2 is 1.69 bits per heavy atom. The Morgan fingerprint density at radius 1 is 1.00 bits per heavy atom. The van der Waals surface area contributed by atoms with Crippen LogP contribution in [0.25, 0.3) is 0 Å². The number of nitrogens with one attached hydrogen (secondary N) is 2. The van der Waals surface area contributed by atoms with Gasteiger partial charge in [0.2, 0.25) is 0 Å². The van der Waals surface area contributed by atoms with Gasteiger partial charge in [0.15, 0.2) is 11.6 Å². The standard InChI is InChI=1S/C19H17ClN4O2/c1-2-26-16-10-6-5-9-15(16)21-17-11-12-18(24-23-17)22-19(25)13-7-3-4-8-14(13)20/h3-12H,2H2,1H3,(H,21,23)(H,22,24,25). The molecule has 0 bridgehead atoms. The van der Waals surface area contributed by atoms with Gasteiger partial charge in [0.05, 0.1) is 22.9 Å². The number of ether oxygens (including phenoxy) is 1. The zero-order chi connectivity index (χ0) is 18.4. The first kappa shape index (κ1) is 17.7. The fourth-order valence-corrected chi connectivity index (χ4v) is 2.51. The molecule has 0 saturated carbocycles. The lowest BCUT2D eigenvalue weighted by Crippen LogP contribution is -2.14. The quantitative estimate of drug-likeness (QED) is 0.668. The minimum absolute atomic E-state index is 0.332. The molecule has 1 amide bonds. The van der Waals surface area contributed by atoms with E-state index in [9.17, 15) is 4.79 Å². The van der Waals surface area contributed by atoms with Gasteiger partial charge in [-0.25, -0.2) is 0 Å². The first-order valence-corrected chi connectivity index (χ1v) is 8.43. The van der Waals surface area contributed by atoms with Gasteiger partial charge in [-0.3, -0.25) is 4.79 Å². The molecule has 0 aliphatic rings. The monoisotopic (exact) mass is 368 g/mol. The van der Waals surface area contributed by atoms with E-state index >= 15 is 0 Å². The highest BCUT2D eigenvalue weighted by molar-refractivity contribution is 6.34. The first-order chi connectivity index (χ1) is 12.7. The van der Waals surface area contributed by atoms with E-state index < -0.39 is 0 Å². The number of benzene rings is 2. The first-order valence-electron chi connectivity index (χ1n) is 8.06. The lowest BCUT2D eigenvalue weighted by atomic mass is 10.2. The van der Waals surface area contributed by atoms with Crippen molar-refractivity contribution in [3.8, 4) is 5.75 Å². The summed E-state index contributed by atoms with van der Waals surface area (Å²) in [5.74, 6) is 1.26. The van der Waals surface area contributed by atoms with Crippen molar-refractivity contribution in [2.45, 2.75) is 6.92 Å². The van der Waals surface area contributed by atoms with Crippen LogP contribution >= 0.6 is 11.6 Å². The van der Waals surface area contributed by atoms with Crippen molar-refractivity contribution in [1.82, 2.24) is 10.2 Å². The maximum absolute atomic E-state index is 12.2. The van der Waals surface area contributed by atoms with Crippen molar-refractivity contribution < 1.29 is 9.53 Å². The second-order valence-corrected chi connectivity index (χ2v) is 5.70. The van der Waals surface area contributed by atoms with Gasteiger partial charge in [-0.1, -0.05) is 35.9 Å². The van der Waals surface area contributed by atoms with Crippen molar-refractivity contribution in [1.29, 1.82) is 0 Å². The molecule has 26 heavy (non-hydrogen) atoms. The molecule has 1 heterocycles. The van der Waals surface area contributed by atoms with Gasteiger partial charge in [0, 0.05) is 0 Å². The Bertz CT molecular complexity index is 900. The molecular formula is C19H17ClN4O2. The number of carbonyl (C=O) groups is 1. The van der Waals surface area contributed by atoms with Gasteiger partial charge < -0.3 is 15.4 Å². The second kappa shape index (κ2) is 8.31. The summed E-state index contributed by atoms with van der Waals surface area (Å²) in [7, 11) is 0. The molecule has 3 aromatic rings. The number of carbonyl (C=O) groups excluding carboxylic acids is 1. The maximum Gasteiger partial charge on any atom is 0.258 e. The number of para-hydroxylation sites is 2. The van der Waals surface area contributed by atoms with Gasteiger partial charge in [0.25, 0.3) is 5.91 Å². The van der Waals surface area contributed by atoms with Gasteiger partial charge in [0.1, 0.15) is 5.75 Å². The second-order valence-electron chi connectivity index (χ2n) is 5.29. The summed E-state index contributed by atoms with van der Waals surface area (Å²) in [5.41, 5.74) is 1.17. The van der Waals surface area contributed by atoms with Crippen molar-refractivity contribution in [2.75, 3.05) is 17.2 Å². The van der Waals surface area contributed by atoms with Crippen LogP contribution in [0, 0.1) is 0 Å². The molecule has 3 rings (SSSR count). The Morgan fingerprint density at radius 3 is 2.42 bits per heavy atom. The Labute approximate surface area is 156 Å². The molecule has 7 heteroatoms. The zero-order valence-electron chi connectivity index (χ0n) is 14.1. The summed E-state index contributed by atoms with van der Waals surface area (Å²) < 4.78 is 5.57. The molecule has 2 N–H and O–H groups in total. The lowest BCUT2D eigenvalue weighted by molar-refractivity contribution is 0.102. The summed E-state index contributed by atoms with van der Waals surface area (Å²) >= 11 is 6.02. The smallest absolute Gasteiger partial charge is 0.258 e. The van der Waals surface area contributed by atoms with Crippen LogP contribution in [0.1, 0.15) is 17.3 Å². The molecule has 0 saturated heterocycles. The Hall–Kier alpha value is -3.12. The van der Waals surface area contributed by atoms with Crippen LogP contribution in [-0.2, 0) is 0 Å². The third-order valence-electron chi connectivity index (χ3n) is 3.47. The molecule has 2 aromatic carbocycles. The summed E-state index contributed by atoms with van der Waals surface area (Å²) in [6.07, 6.45) is 0. The van der Waals surface area contributed by atoms with E-state index in [0.717, 1.165) is 11.4 Å². The number of halogens is 1. The highest BCUT2D eigenvalue weighted by atomic mass is 35.5. The third-order valence-corrected chi connectivity index (χ3v) is 3.80. The van der Waals surface area contributed by atoms with Crippen LogP contribution < -0.4 is 15.4 Å². The maximum atomic E-state index is 12.2. The lowest BCUT2D eigenvalue weighted by Gasteiger charge is -2.11. The third kappa shape index (κ3) is 4.29. The van der Waals surface area contributed by atoms with Gasteiger partial charge in [-0.15, -0.1) is 10.2 Å². The summed E-state index contributed by atoms with van der Waals surface area (Å²) in [6.45, 7) is 2.49. The van der Waals surface area contributed by atoms with Gasteiger partial charge >= 0.3 is 0 Å². The molecule has 0 unspecified atom stereocenters. The molecule has 0 spiro atoms. The molecule has 132 valence electrons. The number of nitrogens with zero attached hydrogens (tertiary/aromatic N) is 2. The number of aromatic nitrogens is 2. The zero-order valence-corrected chi connectivity index (χ0v) is 14.8. The predicted molar refractivity (Wildman–Crippen MR) is 102 cm³/mol. The van der Waals surface area contributed by atoms with Crippen molar-refractivity contribution in [3.63, 3.8) is 0 Å². The van der Waals surface area contributed by atoms with Crippen LogP contribution in [0.5, 0.6) is 5.75 Å². The number of hydrogen-bond donors (Lipinski definition) is 2. The molecule has 0 radical (unpaired) electrons. The average molecular weight is 369 g/mol. The Balaban J connectivity index is 1.69. The predicted octanol–water partition coefficient (Wildman–Crippen LogP) is 4.52.